The molecule has 4 rings (SSSR count). The topological polar surface area (TPSA) is 75.7 Å². The van der Waals surface area contributed by atoms with Crippen molar-refractivity contribution in [2.24, 2.45) is 11.8 Å². The van der Waals surface area contributed by atoms with Crippen LogP contribution in [0.25, 0.3) is 0 Å². The molecule has 2 saturated carbocycles. The van der Waals surface area contributed by atoms with Gasteiger partial charge in [0.15, 0.2) is 5.75 Å². The minimum Gasteiger partial charge on any atom is -0.455 e. The van der Waals surface area contributed by atoms with Gasteiger partial charge in [0.25, 0.3) is 0 Å². The van der Waals surface area contributed by atoms with Gasteiger partial charge in [-0.1, -0.05) is 36.8 Å². The number of rotatable bonds is 7. The van der Waals surface area contributed by atoms with Gasteiger partial charge in [0.1, 0.15) is 12.3 Å². The number of sulfonamides is 1. The van der Waals surface area contributed by atoms with Crippen LogP contribution in [0.15, 0.2) is 54.6 Å². The second kappa shape index (κ2) is 8.06. The molecule has 6 nitrogen and oxygen atoms in total. The molecule has 154 valence electrons. The molecular weight excluding hydrogens is 388 g/mol. The van der Waals surface area contributed by atoms with Crippen molar-refractivity contribution < 1.29 is 17.9 Å². The number of hydrogen-bond donors (Lipinski definition) is 1. The van der Waals surface area contributed by atoms with Crippen molar-refractivity contribution in [2.75, 3.05) is 17.1 Å². The predicted octanol–water partition coefficient (Wildman–Crippen LogP) is 3.55. The second-order valence-electron chi connectivity index (χ2n) is 8.00. The number of benzene rings is 2. The van der Waals surface area contributed by atoms with Gasteiger partial charge < -0.3 is 10.1 Å². The van der Waals surface area contributed by atoms with E-state index in [4.69, 9.17) is 4.74 Å². The lowest BCUT2D eigenvalue weighted by molar-refractivity contribution is -0.120. The lowest BCUT2D eigenvalue weighted by atomic mass is 9.95. The molecule has 3 atom stereocenters. The molecule has 2 fully saturated rings. The Hall–Kier alpha value is -2.54. The number of hydrogen-bond acceptors (Lipinski definition) is 4. The van der Waals surface area contributed by atoms with Gasteiger partial charge in [-0.3, -0.25) is 9.10 Å². The Bertz CT molecular complexity index is 977. The monoisotopic (exact) mass is 414 g/mol. The summed E-state index contributed by atoms with van der Waals surface area (Å²) in [5.74, 6) is 1.94. The molecule has 7 heteroatoms. The zero-order valence-corrected chi connectivity index (χ0v) is 17.3. The third kappa shape index (κ3) is 4.56. The molecule has 1 N–H and O–H groups in total. The van der Waals surface area contributed by atoms with Gasteiger partial charge in [0.05, 0.1) is 11.9 Å². The van der Waals surface area contributed by atoms with Crippen LogP contribution in [0.4, 0.5) is 5.69 Å². The maximum absolute atomic E-state index is 12.7. The molecule has 2 aromatic carbocycles. The summed E-state index contributed by atoms with van der Waals surface area (Å²) in [6, 6.07) is 16.2. The number of anilines is 1. The molecule has 2 aliphatic rings. The van der Waals surface area contributed by atoms with Gasteiger partial charge in [-0.05, 0) is 55.4 Å². The summed E-state index contributed by atoms with van der Waals surface area (Å²) >= 11 is 0. The summed E-state index contributed by atoms with van der Waals surface area (Å²) in [7, 11) is -3.68. The van der Waals surface area contributed by atoms with Gasteiger partial charge in [0, 0.05) is 6.04 Å². The maximum atomic E-state index is 12.7. The standard InChI is InChI=1S/C22H26N2O4S/c1-29(26,27)24(15-22(25)23-19-14-16-11-12-17(19)13-16)20-9-5-6-10-21(20)28-18-7-3-2-4-8-18/h2-10,16-17,19H,11-15H2,1H3,(H,23,25). The van der Waals surface area contributed by atoms with E-state index in [9.17, 15) is 13.2 Å². The molecule has 3 unspecified atom stereocenters. The van der Waals surface area contributed by atoms with Crippen LogP contribution in [0.1, 0.15) is 25.7 Å². The Balaban J connectivity index is 1.54. The van der Waals surface area contributed by atoms with Crippen LogP contribution in [0.3, 0.4) is 0 Å². The smallest absolute Gasteiger partial charge is 0.241 e. The molecule has 2 aliphatic carbocycles. The van der Waals surface area contributed by atoms with Crippen molar-refractivity contribution in [2.45, 2.75) is 31.7 Å². The third-order valence-electron chi connectivity index (χ3n) is 5.88. The van der Waals surface area contributed by atoms with Crippen LogP contribution in [0, 0.1) is 11.8 Å². The summed E-state index contributed by atoms with van der Waals surface area (Å²) in [6.07, 6.45) is 5.68. The van der Waals surface area contributed by atoms with E-state index in [0.717, 1.165) is 23.4 Å². The van der Waals surface area contributed by atoms with Crippen LogP contribution < -0.4 is 14.4 Å². The maximum Gasteiger partial charge on any atom is 0.241 e. The van der Waals surface area contributed by atoms with Crippen molar-refractivity contribution in [1.82, 2.24) is 5.32 Å². The quantitative estimate of drug-likeness (QED) is 0.752. The fourth-order valence-electron chi connectivity index (χ4n) is 4.55. The van der Waals surface area contributed by atoms with Crippen LogP contribution in [0.5, 0.6) is 11.5 Å². The van der Waals surface area contributed by atoms with Crippen molar-refractivity contribution >= 4 is 21.6 Å². The predicted molar refractivity (Wildman–Crippen MR) is 113 cm³/mol. The lowest BCUT2D eigenvalue weighted by Crippen LogP contribution is -2.45. The highest BCUT2D eigenvalue weighted by Crippen LogP contribution is 2.44. The Morgan fingerprint density at radius 1 is 1.07 bits per heavy atom. The first-order chi connectivity index (χ1) is 13.9. The molecule has 0 aliphatic heterocycles. The van der Waals surface area contributed by atoms with Crippen molar-refractivity contribution in [3.8, 4) is 11.5 Å². The van der Waals surface area contributed by atoms with Gasteiger partial charge in [-0.25, -0.2) is 8.42 Å². The van der Waals surface area contributed by atoms with Crippen LogP contribution in [-0.4, -0.2) is 33.2 Å². The number of carbonyl (C=O) groups is 1. The van der Waals surface area contributed by atoms with E-state index in [1.807, 2.05) is 18.2 Å². The molecule has 2 bridgehead atoms. The largest absolute Gasteiger partial charge is 0.455 e. The van der Waals surface area contributed by atoms with Gasteiger partial charge in [0.2, 0.25) is 15.9 Å². The normalized spacial score (nSPS) is 23.0. The molecule has 29 heavy (non-hydrogen) atoms. The SMILES string of the molecule is CS(=O)(=O)N(CC(=O)NC1CC2CCC1C2)c1ccccc1Oc1ccccc1. The highest BCUT2D eigenvalue weighted by molar-refractivity contribution is 7.92. The third-order valence-corrected chi connectivity index (χ3v) is 7.00. The second-order valence-corrected chi connectivity index (χ2v) is 9.91. The van der Waals surface area contributed by atoms with Gasteiger partial charge in [-0.15, -0.1) is 0 Å². The molecule has 0 heterocycles. The first-order valence-electron chi connectivity index (χ1n) is 9.99. The van der Waals surface area contributed by atoms with Gasteiger partial charge >= 0.3 is 0 Å². The Morgan fingerprint density at radius 3 is 2.45 bits per heavy atom. The molecule has 0 radical (unpaired) electrons. The minimum absolute atomic E-state index is 0.165. The molecule has 1 amide bonds. The molecule has 0 aromatic heterocycles. The number of amides is 1. The number of fused-ring (bicyclic) bond motifs is 2. The van der Waals surface area contributed by atoms with E-state index >= 15 is 0 Å². The average Bonchev–Trinajstić information content (AvgIpc) is 3.30. The minimum atomic E-state index is -3.68. The zero-order valence-electron chi connectivity index (χ0n) is 16.5. The Labute approximate surface area is 171 Å². The van der Waals surface area contributed by atoms with Crippen molar-refractivity contribution in [1.29, 1.82) is 0 Å². The fourth-order valence-corrected chi connectivity index (χ4v) is 5.41. The summed E-state index contributed by atoms with van der Waals surface area (Å²) in [6.45, 7) is -0.262. The highest BCUT2D eigenvalue weighted by atomic mass is 32.2. The number of carbonyl (C=O) groups excluding carboxylic acids is 1. The average molecular weight is 415 g/mol. The molecule has 0 saturated heterocycles. The number of ether oxygens (including phenoxy) is 1. The number of para-hydroxylation sites is 3. The van der Waals surface area contributed by atoms with E-state index < -0.39 is 10.0 Å². The van der Waals surface area contributed by atoms with E-state index in [0.29, 0.717) is 29.0 Å². The summed E-state index contributed by atoms with van der Waals surface area (Å²) in [4.78, 5) is 12.7. The van der Waals surface area contributed by atoms with Crippen LogP contribution in [-0.2, 0) is 14.8 Å². The van der Waals surface area contributed by atoms with Gasteiger partial charge in [-0.2, -0.15) is 0 Å². The zero-order chi connectivity index (χ0) is 20.4. The van der Waals surface area contributed by atoms with E-state index in [-0.39, 0.29) is 18.5 Å². The summed E-state index contributed by atoms with van der Waals surface area (Å²) in [5.41, 5.74) is 0.349. The Kier molecular flexibility index (Phi) is 5.50. The van der Waals surface area contributed by atoms with Crippen molar-refractivity contribution in [3.63, 3.8) is 0 Å². The van der Waals surface area contributed by atoms with E-state index in [2.05, 4.69) is 5.32 Å². The van der Waals surface area contributed by atoms with Crippen LogP contribution >= 0.6 is 0 Å². The Morgan fingerprint density at radius 2 is 1.79 bits per heavy atom. The number of nitrogens with one attached hydrogen (secondary N) is 1. The van der Waals surface area contributed by atoms with Crippen LogP contribution in [0.2, 0.25) is 0 Å². The van der Waals surface area contributed by atoms with E-state index in [1.165, 1.54) is 12.8 Å². The van der Waals surface area contributed by atoms with E-state index in [1.54, 1.807) is 36.4 Å². The summed E-state index contributed by atoms with van der Waals surface area (Å²) in [5, 5.41) is 3.07. The lowest BCUT2D eigenvalue weighted by Gasteiger charge is -2.27. The highest BCUT2D eigenvalue weighted by Gasteiger charge is 2.40. The molecular formula is C22H26N2O4S. The first kappa shape index (κ1) is 19.8. The molecule has 0 spiro atoms. The van der Waals surface area contributed by atoms with Crippen molar-refractivity contribution in [3.05, 3.63) is 54.6 Å². The first-order valence-corrected chi connectivity index (χ1v) is 11.8. The summed E-state index contributed by atoms with van der Waals surface area (Å²) < 4.78 is 32.1. The fraction of sp³-hybridized carbons (Fsp3) is 0.409. The number of nitrogens with zero attached hydrogens (tertiary/aromatic N) is 1. The molecule has 2 aromatic rings.